The number of fused-ring (bicyclic) bond motifs is 2. The van der Waals surface area contributed by atoms with Crippen LogP contribution in [0.3, 0.4) is 0 Å². The number of rotatable bonds is 2. The number of likely N-dealkylation sites (N-methyl/N-ethyl adjacent to an activating group) is 1. The summed E-state index contributed by atoms with van der Waals surface area (Å²) in [5.41, 5.74) is 6.49. The second-order valence-corrected chi connectivity index (χ2v) is 7.34. The summed E-state index contributed by atoms with van der Waals surface area (Å²) in [6.07, 6.45) is 6.28. The summed E-state index contributed by atoms with van der Waals surface area (Å²) < 4.78 is 1.83. The maximum absolute atomic E-state index is 4.70. The van der Waals surface area contributed by atoms with Crippen LogP contribution in [0, 0.1) is 0 Å². The number of hydrogen-bond donors (Lipinski definition) is 0. The quantitative estimate of drug-likeness (QED) is 0.722. The number of anilines is 1. The molecular formula is C20H23N5. The summed E-state index contributed by atoms with van der Waals surface area (Å²) in [5, 5.41) is 4.26. The van der Waals surface area contributed by atoms with Crippen molar-refractivity contribution in [2.75, 3.05) is 31.6 Å². The van der Waals surface area contributed by atoms with Crippen molar-refractivity contribution in [3.05, 3.63) is 59.7 Å². The van der Waals surface area contributed by atoms with Crippen molar-refractivity contribution in [1.82, 2.24) is 19.5 Å². The second-order valence-electron chi connectivity index (χ2n) is 7.34. The third-order valence-corrected chi connectivity index (χ3v) is 5.58. The van der Waals surface area contributed by atoms with Gasteiger partial charge in [-0.3, -0.25) is 0 Å². The minimum absolute atomic E-state index is 0.321. The predicted molar refractivity (Wildman–Crippen MR) is 99.1 cm³/mol. The fourth-order valence-electron chi connectivity index (χ4n) is 4.30. The Morgan fingerprint density at radius 1 is 1.08 bits per heavy atom. The third-order valence-electron chi connectivity index (χ3n) is 5.58. The molecule has 4 heterocycles. The molecule has 0 radical (unpaired) electrons. The highest BCUT2D eigenvalue weighted by Crippen LogP contribution is 2.35. The van der Waals surface area contributed by atoms with Gasteiger partial charge in [-0.15, -0.1) is 0 Å². The Kier molecular flexibility index (Phi) is 3.48. The predicted octanol–water partition coefficient (Wildman–Crippen LogP) is 2.91. The van der Waals surface area contributed by atoms with E-state index in [0.29, 0.717) is 5.92 Å². The Hall–Kier alpha value is -2.40. The van der Waals surface area contributed by atoms with Crippen molar-refractivity contribution in [2.45, 2.75) is 25.3 Å². The van der Waals surface area contributed by atoms with Gasteiger partial charge in [0.1, 0.15) is 6.33 Å². The molecule has 0 aliphatic carbocycles. The summed E-state index contributed by atoms with van der Waals surface area (Å²) in [7, 11) is 2.20. The molecule has 2 aliphatic heterocycles. The largest absolute Gasteiger partial charge is 0.372 e. The molecule has 1 unspecified atom stereocenters. The Balaban J connectivity index is 1.55. The van der Waals surface area contributed by atoms with Gasteiger partial charge in [-0.2, -0.15) is 5.10 Å². The monoisotopic (exact) mass is 333 g/mol. The zero-order chi connectivity index (χ0) is 16.8. The molecule has 3 aromatic rings. The highest BCUT2D eigenvalue weighted by molar-refractivity contribution is 5.55. The van der Waals surface area contributed by atoms with Crippen LogP contribution in [-0.2, 0) is 6.54 Å². The zero-order valence-corrected chi connectivity index (χ0v) is 14.6. The maximum Gasteiger partial charge on any atom is 0.117 e. The van der Waals surface area contributed by atoms with Gasteiger partial charge in [0.2, 0.25) is 0 Å². The van der Waals surface area contributed by atoms with Gasteiger partial charge in [-0.25, -0.2) is 9.50 Å². The standard InChI is InChI=1S/C20H23N5/c1-23-12-15-10-16(24-8-2-3-9-24)4-5-18(15)19(13-23)20-11-17-6-7-22-25(17)14-21-20/h4-7,10-11,14,19H,2-3,8-9,12-13H2,1H3. The Morgan fingerprint density at radius 3 is 2.84 bits per heavy atom. The van der Waals surface area contributed by atoms with Gasteiger partial charge in [0.05, 0.1) is 17.4 Å². The average Bonchev–Trinajstić information content (AvgIpc) is 3.31. The van der Waals surface area contributed by atoms with E-state index in [-0.39, 0.29) is 0 Å². The zero-order valence-electron chi connectivity index (χ0n) is 14.6. The van der Waals surface area contributed by atoms with Crippen molar-refractivity contribution < 1.29 is 0 Å². The molecule has 1 saturated heterocycles. The minimum atomic E-state index is 0.321. The SMILES string of the molecule is CN1Cc2cc(N3CCCC3)ccc2C(c2cc3ccnn3cn2)C1. The molecule has 5 heteroatoms. The smallest absolute Gasteiger partial charge is 0.117 e. The summed E-state index contributed by atoms with van der Waals surface area (Å²) in [6.45, 7) is 4.41. The Labute approximate surface area is 147 Å². The first-order valence-corrected chi connectivity index (χ1v) is 9.13. The lowest BCUT2D eigenvalue weighted by Gasteiger charge is -2.33. The molecule has 5 nitrogen and oxygen atoms in total. The fourth-order valence-corrected chi connectivity index (χ4v) is 4.30. The molecule has 2 aromatic heterocycles. The van der Waals surface area contributed by atoms with Gasteiger partial charge in [0.15, 0.2) is 0 Å². The molecule has 0 N–H and O–H groups in total. The lowest BCUT2D eigenvalue weighted by Crippen LogP contribution is -2.31. The summed E-state index contributed by atoms with van der Waals surface area (Å²) >= 11 is 0. The lowest BCUT2D eigenvalue weighted by molar-refractivity contribution is 0.293. The van der Waals surface area contributed by atoms with E-state index in [4.69, 9.17) is 4.98 Å². The van der Waals surface area contributed by atoms with Crippen LogP contribution in [0.15, 0.2) is 42.9 Å². The van der Waals surface area contributed by atoms with Gasteiger partial charge in [-0.1, -0.05) is 6.07 Å². The molecule has 0 bridgehead atoms. The van der Waals surface area contributed by atoms with Gasteiger partial charge < -0.3 is 9.80 Å². The van der Waals surface area contributed by atoms with Crippen molar-refractivity contribution in [3.8, 4) is 0 Å². The molecule has 0 spiro atoms. The first kappa shape index (κ1) is 14.9. The summed E-state index contributed by atoms with van der Waals surface area (Å²) in [4.78, 5) is 9.62. The topological polar surface area (TPSA) is 36.7 Å². The van der Waals surface area contributed by atoms with Crippen molar-refractivity contribution in [1.29, 1.82) is 0 Å². The van der Waals surface area contributed by atoms with Crippen LogP contribution in [0.5, 0.6) is 0 Å². The number of aromatic nitrogens is 3. The summed E-state index contributed by atoms with van der Waals surface area (Å²) in [5.74, 6) is 0.321. The number of nitrogens with zero attached hydrogens (tertiary/aromatic N) is 5. The van der Waals surface area contributed by atoms with E-state index < -0.39 is 0 Å². The lowest BCUT2D eigenvalue weighted by atomic mass is 9.87. The van der Waals surface area contributed by atoms with E-state index in [0.717, 1.165) is 24.3 Å². The van der Waals surface area contributed by atoms with Crippen molar-refractivity contribution in [3.63, 3.8) is 0 Å². The van der Waals surface area contributed by atoms with Crippen LogP contribution in [0.1, 0.15) is 35.6 Å². The number of benzene rings is 1. The number of hydrogen-bond acceptors (Lipinski definition) is 4. The highest BCUT2D eigenvalue weighted by atomic mass is 15.2. The first-order valence-electron chi connectivity index (χ1n) is 9.13. The molecule has 2 aliphatic rings. The van der Waals surface area contributed by atoms with E-state index >= 15 is 0 Å². The maximum atomic E-state index is 4.70. The molecule has 0 saturated carbocycles. The Morgan fingerprint density at radius 2 is 1.96 bits per heavy atom. The molecule has 128 valence electrons. The second kappa shape index (κ2) is 5.85. The van der Waals surface area contributed by atoms with Crippen LogP contribution in [0.25, 0.3) is 5.52 Å². The van der Waals surface area contributed by atoms with E-state index in [1.165, 1.54) is 42.7 Å². The van der Waals surface area contributed by atoms with Crippen molar-refractivity contribution >= 4 is 11.2 Å². The van der Waals surface area contributed by atoms with Crippen LogP contribution in [0.2, 0.25) is 0 Å². The highest BCUT2D eigenvalue weighted by Gasteiger charge is 2.27. The fraction of sp³-hybridized carbons (Fsp3) is 0.400. The van der Waals surface area contributed by atoms with Crippen LogP contribution in [0.4, 0.5) is 5.69 Å². The van der Waals surface area contributed by atoms with Crippen molar-refractivity contribution in [2.24, 2.45) is 0 Å². The molecule has 25 heavy (non-hydrogen) atoms. The average molecular weight is 333 g/mol. The molecule has 0 amide bonds. The van der Waals surface area contributed by atoms with Gasteiger partial charge >= 0.3 is 0 Å². The van der Waals surface area contributed by atoms with Gasteiger partial charge in [-0.05, 0) is 55.3 Å². The van der Waals surface area contributed by atoms with Crippen LogP contribution >= 0.6 is 0 Å². The molecule has 1 atom stereocenters. The van der Waals surface area contributed by atoms with Crippen LogP contribution in [-0.4, -0.2) is 46.2 Å². The molecular weight excluding hydrogens is 310 g/mol. The van der Waals surface area contributed by atoms with Crippen LogP contribution < -0.4 is 4.90 Å². The summed E-state index contributed by atoms with van der Waals surface area (Å²) in [6, 6.07) is 11.3. The van der Waals surface area contributed by atoms with E-state index in [1.807, 2.05) is 23.1 Å². The van der Waals surface area contributed by atoms with Gasteiger partial charge in [0, 0.05) is 37.8 Å². The molecule has 5 rings (SSSR count). The van der Waals surface area contributed by atoms with E-state index in [9.17, 15) is 0 Å². The van der Waals surface area contributed by atoms with E-state index in [2.05, 4.69) is 46.2 Å². The third kappa shape index (κ3) is 2.59. The molecule has 1 fully saturated rings. The minimum Gasteiger partial charge on any atom is -0.372 e. The van der Waals surface area contributed by atoms with E-state index in [1.54, 1.807) is 0 Å². The first-order chi connectivity index (χ1) is 12.3. The Bertz CT molecular complexity index is 909. The molecule has 1 aromatic carbocycles. The normalized spacial score (nSPS) is 21.0. The van der Waals surface area contributed by atoms with Gasteiger partial charge in [0.25, 0.3) is 0 Å².